The van der Waals surface area contributed by atoms with Gasteiger partial charge in [0, 0.05) is 30.9 Å². The maximum atomic E-state index is 13.0. The molecular formula is C22H27FN4O2. The normalized spacial score (nSPS) is 18.5. The van der Waals surface area contributed by atoms with Crippen LogP contribution in [0.2, 0.25) is 0 Å². The Morgan fingerprint density at radius 3 is 2.66 bits per heavy atom. The van der Waals surface area contributed by atoms with E-state index in [2.05, 4.69) is 17.6 Å². The quantitative estimate of drug-likeness (QED) is 0.698. The summed E-state index contributed by atoms with van der Waals surface area (Å²) in [5.41, 5.74) is 7.52. The van der Waals surface area contributed by atoms with Crippen molar-refractivity contribution < 1.29 is 14.0 Å². The molecule has 1 aliphatic heterocycles. The fraction of sp³-hybridized carbons (Fsp3) is 0.364. The minimum absolute atomic E-state index is 0.0860. The predicted octanol–water partition coefficient (Wildman–Crippen LogP) is 3.20. The van der Waals surface area contributed by atoms with Gasteiger partial charge in [0.15, 0.2) is 0 Å². The van der Waals surface area contributed by atoms with Crippen LogP contribution in [0, 0.1) is 17.7 Å². The van der Waals surface area contributed by atoms with Crippen LogP contribution < -0.4 is 16.4 Å². The molecular weight excluding hydrogens is 371 g/mol. The topological polar surface area (TPSA) is 87.5 Å². The third-order valence-electron chi connectivity index (χ3n) is 5.33. The number of rotatable bonds is 6. The summed E-state index contributed by atoms with van der Waals surface area (Å²) in [7, 11) is 0. The average Bonchev–Trinajstić information content (AvgIpc) is 3.08. The highest BCUT2D eigenvalue weighted by Crippen LogP contribution is 2.25. The number of halogens is 1. The van der Waals surface area contributed by atoms with Crippen LogP contribution in [0.3, 0.4) is 0 Å². The lowest BCUT2D eigenvalue weighted by atomic mass is 9.95. The molecule has 2 aromatic rings. The molecule has 0 aromatic heterocycles. The smallest absolute Gasteiger partial charge is 0.317 e. The summed E-state index contributed by atoms with van der Waals surface area (Å²) in [6.07, 6.45) is 0.931. The van der Waals surface area contributed by atoms with Crippen molar-refractivity contribution in [2.45, 2.75) is 19.9 Å². The summed E-state index contributed by atoms with van der Waals surface area (Å²) >= 11 is 0. The van der Waals surface area contributed by atoms with Gasteiger partial charge >= 0.3 is 6.03 Å². The van der Waals surface area contributed by atoms with E-state index in [1.54, 1.807) is 6.07 Å². The van der Waals surface area contributed by atoms with Gasteiger partial charge in [-0.05, 0) is 66.8 Å². The second-order valence-electron chi connectivity index (χ2n) is 7.54. The number of benzene rings is 2. The molecule has 1 aliphatic rings. The third-order valence-corrected chi connectivity index (χ3v) is 5.33. The summed E-state index contributed by atoms with van der Waals surface area (Å²) in [4.78, 5) is 26.6. The first-order valence-electron chi connectivity index (χ1n) is 9.85. The van der Waals surface area contributed by atoms with E-state index < -0.39 is 0 Å². The molecule has 0 unspecified atom stereocenters. The highest BCUT2D eigenvalue weighted by molar-refractivity contribution is 6.04. The van der Waals surface area contributed by atoms with E-state index in [1.807, 2.05) is 23.1 Å². The van der Waals surface area contributed by atoms with Crippen LogP contribution in [0.1, 0.15) is 29.3 Å². The molecule has 0 aliphatic carbocycles. The standard InChI is InChI=1S/C22H27FN4O2/c1-15-13-27(14-18(15)9-10-24)22(29)25-12-16-3-2-4-20(11-16)26-21(28)17-5-7-19(23)8-6-17/h2-8,11,15,18H,9-10,12-14,24H2,1H3,(H,25,29)(H,26,28)/t15-,18-/m1/s1. The van der Waals surface area contributed by atoms with Crippen LogP contribution in [0.15, 0.2) is 48.5 Å². The zero-order valence-corrected chi connectivity index (χ0v) is 16.5. The van der Waals surface area contributed by atoms with Gasteiger partial charge in [0.05, 0.1) is 0 Å². The average molecular weight is 398 g/mol. The number of nitrogens with two attached hydrogens (primary N) is 1. The zero-order valence-electron chi connectivity index (χ0n) is 16.5. The Kier molecular flexibility index (Phi) is 6.82. The fourth-order valence-electron chi connectivity index (χ4n) is 3.64. The highest BCUT2D eigenvalue weighted by atomic mass is 19.1. The molecule has 0 radical (unpaired) electrons. The number of anilines is 1. The van der Waals surface area contributed by atoms with Gasteiger partial charge in [0.25, 0.3) is 5.91 Å². The molecule has 3 amide bonds. The molecule has 6 nitrogen and oxygen atoms in total. The molecule has 29 heavy (non-hydrogen) atoms. The molecule has 0 bridgehead atoms. The van der Waals surface area contributed by atoms with E-state index in [4.69, 9.17) is 5.73 Å². The van der Waals surface area contributed by atoms with Crippen molar-refractivity contribution in [2.24, 2.45) is 17.6 Å². The summed E-state index contributed by atoms with van der Waals surface area (Å²) in [6.45, 7) is 4.63. The van der Waals surface area contributed by atoms with Crippen LogP contribution in [0.4, 0.5) is 14.9 Å². The molecule has 154 valence electrons. The van der Waals surface area contributed by atoms with Crippen molar-refractivity contribution >= 4 is 17.6 Å². The van der Waals surface area contributed by atoms with Crippen LogP contribution in [0.25, 0.3) is 0 Å². The van der Waals surface area contributed by atoms with E-state index in [1.165, 1.54) is 24.3 Å². The summed E-state index contributed by atoms with van der Waals surface area (Å²) in [6, 6.07) is 12.6. The van der Waals surface area contributed by atoms with E-state index in [9.17, 15) is 14.0 Å². The Morgan fingerprint density at radius 1 is 1.17 bits per heavy atom. The monoisotopic (exact) mass is 398 g/mol. The Balaban J connectivity index is 1.54. The fourth-order valence-corrected chi connectivity index (χ4v) is 3.64. The number of hydrogen-bond acceptors (Lipinski definition) is 3. The van der Waals surface area contributed by atoms with Gasteiger partial charge in [-0.15, -0.1) is 0 Å². The Bertz CT molecular complexity index is 856. The number of carbonyl (C=O) groups is 2. The molecule has 0 saturated carbocycles. The van der Waals surface area contributed by atoms with E-state index in [0.29, 0.717) is 36.2 Å². The molecule has 0 spiro atoms. The Labute approximate surface area is 170 Å². The van der Waals surface area contributed by atoms with Crippen LogP contribution >= 0.6 is 0 Å². The van der Waals surface area contributed by atoms with Gasteiger partial charge in [-0.2, -0.15) is 0 Å². The van der Waals surface area contributed by atoms with Crippen LogP contribution in [-0.4, -0.2) is 36.5 Å². The number of likely N-dealkylation sites (tertiary alicyclic amines) is 1. The highest BCUT2D eigenvalue weighted by Gasteiger charge is 2.31. The first kappa shape index (κ1) is 20.8. The second-order valence-corrected chi connectivity index (χ2v) is 7.54. The summed E-state index contributed by atoms with van der Waals surface area (Å²) < 4.78 is 13.0. The van der Waals surface area contributed by atoms with Crippen LogP contribution in [0.5, 0.6) is 0 Å². The minimum Gasteiger partial charge on any atom is -0.334 e. The Morgan fingerprint density at radius 2 is 1.93 bits per heavy atom. The first-order chi connectivity index (χ1) is 14.0. The third kappa shape index (κ3) is 5.54. The molecule has 7 heteroatoms. The zero-order chi connectivity index (χ0) is 20.8. The molecule has 3 rings (SSSR count). The number of nitrogens with one attached hydrogen (secondary N) is 2. The van der Waals surface area contributed by atoms with E-state index in [-0.39, 0.29) is 17.8 Å². The van der Waals surface area contributed by atoms with Gasteiger partial charge in [-0.1, -0.05) is 19.1 Å². The number of carbonyl (C=O) groups excluding carboxylic acids is 2. The van der Waals surface area contributed by atoms with Gasteiger partial charge in [0.2, 0.25) is 0 Å². The van der Waals surface area contributed by atoms with Crippen molar-refractivity contribution in [3.8, 4) is 0 Å². The largest absolute Gasteiger partial charge is 0.334 e. The molecule has 4 N–H and O–H groups in total. The maximum absolute atomic E-state index is 13.0. The lowest BCUT2D eigenvalue weighted by Gasteiger charge is -2.17. The van der Waals surface area contributed by atoms with Gasteiger partial charge in [-0.25, -0.2) is 9.18 Å². The van der Waals surface area contributed by atoms with Crippen LogP contribution in [-0.2, 0) is 6.54 Å². The lowest BCUT2D eigenvalue weighted by molar-refractivity contribution is 0.102. The number of nitrogens with zero attached hydrogens (tertiary/aromatic N) is 1. The van der Waals surface area contributed by atoms with Crippen molar-refractivity contribution in [2.75, 3.05) is 25.0 Å². The van der Waals surface area contributed by atoms with Crippen molar-refractivity contribution in [1.29, 1.82) is 0 Å². The van der Waals surface area contributed by atoms with Gasteiger partial charge in [-0.3, -0.25) is 4.79 Å². The van der Waals surface area contributed by atoms with E-state index in [0.717, 1.165) is 25.1 Å². The van der Waals surface area contributed by atoms with Gasteiger partial charge < -0.3 is 21.3 Å². The summed E-state index contributed by atoms with van der Waals surface area (Å²) in [5.74, 6) is 0.203. The van der Waals surface area contributed by atoms with Gasteiger partial charge in [0.1, 0.15) is 5.82 Å². The maximum Gasteiger partial charge on any atom is 0.317 e. The summed E-state index contributed by atoms with van der Waals surface area (Å²) in [5, 5.41) is 5.73. The molecule has 1 heterocycles. The van der Waals surface area contributed by atoms with Crippen molar-refractivity contribution in [3.63, 3.8) is 0 Å². The number of urea groups is 1. The predicted molar refractivity (Wildman–Crippen MR) is 111 cm³/mol. The number of hydrogen-bond donors (Lipinski definition) is 3. The molecule has 2 aromatic carbocycles. The Hall–Kier alpha value is -2.93. The lowest BCUT2D eigenvalue weighted by Crippen LogP contribution is -2.38. The molecule has 2 atom stereocenters. The molecule has 1 saturated heterocycles. The second kappa shape index (κ2) is 9.52. The SMILES string of the molecule is C[C@@H]1CN(C(=O)NCc2cccc(NC(=O)c3ccc(F)cc3)c2)C[C@H]1CCN. The minimum atomic E-state index is -0.388. The first-order valence-corrected chi connectivity index (χ1v) is 9.85. The molecule has 1 fully saturated rings. The van der Waals surface area contributed by atoms with Crippen molar-refractivity contribution in [1.82, 2.24) is 10.2 Å². The van der Waals surface area contributed by atoms with Crippen molar-refractivity contribution in [3.05, 3.63) is 65.5 Å². The number of amides is 3. The van der Waals surface area contributed by atoms with E-state index >= 15 is 0 Å².